The number of carbonyl (C=O) groups is 2. The van der Waals surface area contributed by atoms with Gasteiger partial charge in [0.2, 0.25) is 5.91 Å². The summed E-state index contributed by atoms with van der Waals surface area (Å²) in [7, 11) is 1.87. The van der Waals surface area contributed by atoms with Crippen LogP contribution in [0.2, 0.25) is 0 Å². The fourth-order valence-corrected chi connectivity index (χ4v) is 4.50. The molecule has 2 amide bonds. The summed E-state index contributed by atoms with van der Waals surface area (Å²) < 4.78 is 1.83. The summed E-state index contributed by atoms with van der Waals surface area (Å²) in [5.74, 6) is 1.61. The Hall–Kier alpha value is -2.04. The SMILES string of the molecule is Cn1cccc1C(=O)NC1CCN(C(=O)C2CC3C=CC2C3)CC1. The number of rotatable bonds is 3. The van der Waals surface area contributed by atoms with Gasteiger partial charge in [0.15, 0.2) is 0 Å². The molecule has 1 aromatic rings. The third-order valence-corrected chi connectivity index (χ3v) is 5.91. The molecule has 1 aromatic heterocycles. The van der Waals surface area contributed by atoms with Crippen LogP contribution in [-0.2, 0) is 11.8 Å². The van der Waals surface area contributed by atoms with Gasteiger partial charge >= 0.3 is 0 Å². The van der Waals surface area contributed by atoms with E-state index in [4.69, 9.17) is 0 Å². The van der Waals surface area contributed by atoms with Gasteiger partial charge in [-0.05, 0) is 49.7 Å². The molecule has 2 heterocycles. The van der Waals surface area contributed by atoms with Gasteiger partial charge in [0.05, 0.1) is 0 Å². The summed E-state index contributed by atoms with van der Waals surface area (Å²) in [5, 5.41) is 3.11. The minimum Gasteiger partial charge on any atom is -0.348 e. The van der Waals surface area contributed by atoms with Gasteiger partial charge in [0.1, 0.15) is 5.69 Å². The monoisotopic (exact) mass is 327 g/mol. The van der Waals surface area contributed by atoms with E-state index in [1.807, 2.05) is 34.8 Å². The number of fused-ring (bicyclic) bond motifs is 2. The Morgan fingerprint density at radius 2 is 1.96 bits per heavy atom. The lowest BCUT2D eigenvalue weighted by Gasteiger charge is -2.35. The van der Waals surface area contributed by atoms with E-state index >= 15 is 0 Å². The molecule has 5 nitrogen and oxygen atoms in total. The van der Waals surface area contributed by atoms with Gasteiger partial charge in [-0.25, -0.2) is 0 Å². The summed E-state index contributed by atoms with van der Waals surface area (Å²) >= 11 is 0. The maximum Gasteiger partial charge on any atom is 0.268 e. The lowest BCUT2D eigenvalue weighted by atomic mass is 9.91. The smallest absolute Gasteiger partial charge is 0.268 e. The molecule has 3 unspecified atom stereocenters. The van der Waals surface area contributed by atoms with Crippen LogP contribution in [0.15, 0.2) is 30.5 Å². The predicted octanol–water partition coefficient (Wildman–Crippen LogP) is 1.96. The van der Waals surface area contributed by atoms with E-state index in [0.717, 1.165) is 32.4 Å². The number of carbonyl (C=O) groups excluding carboxylic acids is 2. The van der Waals surface area contributed by atoms with Gasteiger partial charge in [0.25, 0.3) is 5.91 Å². The summed E-state index contributed by atoms with van der Waals surface area (Å²) in [4.78, 5) is 27.1. The standard InChI is InChI=1S/C19H25N3O2/c1-21-8-2-3-17(21)18(23)20-15-6-9-22(10-7-15)19(24)16-12-13-4-5-14(16)11-13/h2-5,8,13-16H,6-7,9-12H2,1H3,(H,20,23). The Kier molecular flexibility index (Phi) is 3.94. The van der Waals surface area contributed by atoms with Gasteiger partial charge in [-0.2, -0.15) is 0 Å². The molecule has 1 saturated heterocycles. The molecule has 1 saturated carbocycles. The Balaban J connectivity index is 1.29. The summed E-state index contributed by atoms with van der Waals surface area (Å²) in [6, 6.07) is 3.87. The molecule has 0 spiro atoms. The number of allylic oxidation sites excluding steroid dienone is 2. The first-order valence-corrected chi connectivity index (χ1v) is 9.01. The highest BCUT2D eigenvalue weighted by Gasteiger charge is 2.42. The van der Waals surface area contributed by atoms with Crippen LogP contribution in [0, 0.1) is 17.8 Å². The highest BCUT2D eigenvalue weighted by Crippen LogP contribution is 2.44. The fraction of sp³-hybridized carbons (Fsp3) is 0.579. The van der Waals surface area contributed by atoms with Crippen LogP contribution in [0.4, 0.5) is 0 Å². The number of aryl methyl sites for hydroxylation is 1. The van der Waals surface area contributed by atoms with E-state index in [-0.39, 0.29) is 17.9 Å². The molecular formula is C19H25N3O2. The number of aromatic nitrogens is 1. The second-order valence-corrected chi connectivity index (χ2v) is 7.46. The average molecular weight is 327 g/mol. The Labute approximate surface area is 142 Å². The third kappa shape index (κ3) is 2.76. The highest BCUT2D eigenvalue weighted by atomic mass is 16.2. The minimum atomic E-state index is -0.0227. The molecular weight excluding hydrogens is 302 g/mol. The molecule has 1 aliphatic heterocycles. The topological polar surface area (TPSA) is 54.3 Å². The van der Waals surface area contributed by atoms with E-state index in [1.54, 1.807) is 0 Å². The molecule has 3 aliphatic rings. The lowest BCUT2D eigenvalue weighted by Crippen LogP contribution is -2.48. The van der Waals surface area contributed by atoms with Crippen LogP contribution in [0.25, 0.3) is 0 Å². The Morgan fingerprint density at radius 3 is 2.54 bits per heavy atom. The lowest BCUT2D eigenvalue weighted by molar-refractivity contribution is -0.137. The van der Waals surface area contributed by atoms with Crippen molar-refractivity contribution in [3.05, 3.63) is 36.2 Å². The number of piperidine rings is 1. The first kappa shape index (κ1) is 15.5. The van der Waals surface area contributed by atoms with Gasteiger partial charge in [0, 0.05) is 38.3 Å². The van der Waals surface area contributed by atoms with Crippen LogP contribution in [0.1, 0.15) is 36.2 Å². The zero-order valence-electron chi connectivity index (χ0n) is 14.1. The number of hydrogen-bond acceptors (Lipinski definition) is 2. The quantitative estimate of drug-likeness (QED) is 0.863. The second-order valence-electron chi connectivity index (χ2n) is 7.46. The molecule has 5 heteroatoms. The van der Waals surface area contributed by atoms with E-state index < -0.39 is 0 Å². The van der Waals surface area contributed by atoms with Crippen molar-refractivity contribution in [1.82, 2.24) is 14.8 Å². The Morgan fingerprint density at radius 1 is 1.17 bits per heavy atom. The number of nitrogens with one attached hydrogen (secondary N) is 1. The van der Waals surface area contributed by atoms with E-state index in [1.165, 1.54) is 6.42 Å². The number of hydrogen-bond donors (Lipinski definition) is 1. The van der Waals surface area contributed by atoms with Gasteiger partial charge in [-0.15, -0.1) is 0 Å². The van der Waals surface area contributed by atoms with Crippen molar-refractivity contribution in [3.63, 3.8) is 0 Å². The number of likely N-dealkylation sites (tertiary alicyclic amines) is 1. The second kappa shape index (κ2) is 6.11. The first-order chi connectivity index (χ1) is 11.6. The van der Waals surface area contributed by atoms with Gasteiger partial charge in [-0.3, -0.25) is 9.59 Å². The number of amides is 2. The molecule has 1 N–H and O–H groups in total. The van der Waals surface area contributed by atoms with Crippen LogP contribution < -0.4 is 5.32 Å². The molecule has 24 heavy (non-hydrogen) atoms. The van der Waals surface area contributed by atoms with Crippen molar-refractivity contribution in [1.29, 1.82) is 0 Å². The van der Waals surface area contributed by atoms with Crippen molar-refractivity contribution in [3.8, 4) is 0 Å². The van der Waals surface area contributed by atoms with E-state index in [0.29, 0.717) is 23.4 Å². The van der Waals surface area contributed by atoms with Crippen LogP contribution in [0.3, 0.4) is 0 Å². The van der Waals surface area contributed by atoms with E-state index in [9.17, 15) is 9.59 Å². The fourth-order valence-electron chi connectivity index (χ4n) is 4.50. The zero-order chi connectivity index (χ0) is 16.7. The van der Waals surface area contributed by atoms with Gasteiger partial charge in [-0.1, -0.05) is 12.2 Å². The minimum absolute atomic E-state index is 0.0227. The average Bonchev–Trinajstić information content (AvgIpc) is 3.31. The van der Waals surface area contributed by atoms with Gasteiger partial charge < -0.3 is 14.8 Å². The highest BCUT2D eigenvalue weighted by molar-refractivity contribution is 5.92. The molecule has 4 rings (SSSR count). The predicted molar refractivity (Wildman–Crippen MR) is 91.3 cm³/mol. The molecule has 128 valence electrons. The summed E-state index contributed by atoms with van der Waals surface area (Å²) in [6.07, 6.45) is 10.3. The third-order valence-electron chi connectivity index (χ3n) is 5.91. The molecule has 2 fully saturated rings. The van der Waals surface area contributed by atoms with Crippen molar-refractivity contribution >= 4 is 11.8 Å². The van der Waals surface area contributed by atoms with Crippen LogP contribution >= 0.6 is 0 Å². The van der Waals surface area contributed by atoms with Crippen LogP contribution in [-0.4, -0.2) is 40.4 Å². The maximum absolute atomic E-state index is 12.8. The van der Waals surface area contributed by atoms with Crippen molar-refractivity contribution < 1.29 is 9.59 Å². The van der Waals surface area contributed by atoms with Crippen molar-refractivity contribution in [2.24, 2.45) is 24.8 Å². The normalized spacial score (nSPS) is 29.2. The van der Waals surface area contributed by atoms with Crippen molar-refractivity contribution in [2.45, 2.75) is 31.7 Å². The zero-order valence-corrected chi connectivity index (χ0v) is 14.1. The molecule has 3 atom stereocenters. The van der Waals surface area contributed by atoms with Crippen LogP contribution in [0.5, 0.6) is 0 Å². The molecule has 2 bridgehead atoms. The van der Waals surface area contributed by atoms with Crippen molar-refractivity contribution in [2.75, 3.05) is 13.1 Å². The largest absolute Gasteiger partial charge is 0.348 e. The molecule has 0 aromatic carbocycles. The molecule has 2 aliphatic carbocycles. The first-order valence-electron chi connectivity index (χ1n) is 9.01. The summed E-state index contributed by atoms with van der Waals surface area (Å²) in [5.41, 5.74) is 0.683. The summed E-state index contributed by atoms with van der Waals surface area (Å²) in [6.45, 7) is 1.52. The Bertz CT molecular complexity index is 670. The molecule has 0 radical (unpaired) electrons. The van der Waals surface area contributed by atoms with E-state index in [2.05, 4.69) is 17.5 Å². The number of nitrogens with zero attached hydrogens (tertiary/aromatic N) is 2. The maximum atomic E-state index is 12.8.